The van der Waals surface area contributed by atoms with Crippen LogP contribution in [0.3, 0.4) is 0 Å². The van der Waals surface area contributed by atoms with Gasteiger partial charge in [-0.05, 0) is 0 Å². The Morgan fingerprint density at radius 3 is 2.28 bits per heavy atom. The SMILES string of the molecule is Nc1c(O)c(F)c(O)c2c1CN(C1(O)C(=O)NC(=O)CC1(O)O)C2=O. The molecule has 2 heterocycles. The van der Waals surface area contributed by atoms with Gasteiger partial charge in [0.15, 0.2) is 11.5 Å². The fraction of sp³-hybridized carbons (Fsp3) is 0.308. The van der Waals surface area contributed by atoms with Gasteiger partial charge in [-0.15, -0.1) is 0 Å². The van der Waals surface area contributed by atoms with Gasteiger partial charge in [-0.1, -0.05) is 0 Å². The van der Waals surface area contributed by atoms with E-state index >= 15 is 0 Å². The van der Waals surface area contributed by atoms with Gasteiger partial charge in [0.05, 0.1) is 24.2 Å². The second-order valence-corrected chi connectivity index (χ2v) is 5.71. The Balaban J connectivity index is 2.17. The molecule has 0 bridgehead atoms. The minimum atomic E-state index is -3.37. The molecular weight excluding hydrogens is 345 g/mol. The second kappa shape index (κ2) is 4.78. The lowest BCUT2D eigenvalue weighted by Gasteiger charge is -2.45. The number of amides is 3. The highest BCUT2D eigenvalue weighted by Crippen LogP contribution is 2.46. The Kier molecular flexibility index (Phi) is 3.23. The zero-order valence-corrected chi connectivity index (χ0v) is 12.3. The molecule has 12 heteroatoms. The first-order valence-corrected chi connectivity index (χ1v) is 6.78. The molecule has 3 amide bonds. The van der Waals surface area contributed by atoms with Crippen molar-refractivity contribution in [1.82, 2.24) is 10.2 Å². The number of imide groups is 1. The molecule has 1 unspecified atom stereocenters. The molecule has 2 aliphatic heterocycles. The van der Waals surface area contributed by atoms with Gasteiger partial charge < -0.3 is 31.3 Å². The van der Waals surface area contributed by atoms with E-state index in [1.165, 1.54) is 0 Å². The van der Waals surface area contributed by atoms with Gasteiger partial charge in [0.25, 0.3) is 17.5 Å². The highest BCUT2D eigenvalue weighted by Gasteiger charge is 2.65. The van der Waals surface area contributed by atoms with Crippen molar-refractivity contribution in [3.05, 3.63) is 16.9 Å². The molecule has 0 aromatic heterocycles. The molecule has 11 nitrogen and oxygen atoms in total. The van der Waals surface area contributed by atoms with Gasteiger partial charge in [0, 0.05) is 5.56 Å². The van der Waals surface area contributed by atoms with Crippen molar-refractivity contribution in [3.8, 4) is 11.5 Å². The van der Waals surface area contributed by atoms with Crippen molar-refractivity contribution in [2.45, 2.75) is 24.5 Å². The lowest BCUT2D eigenvalue weighted by atomic mass is 9.92. The van der Waals surface area contributed by atoms with Crippen molar-refractivity contribution >= 4 is 23.4 Å². The molecule has 1 fully saturated rings. The van der Waals surface area contributed by atoms with Crippen LogP contribution in [0.25, 0.3) is 0 Å². The lowest BCUT2D eigenvalue weighted by molar-refractivity contribution is -0.306. The average Bonchev–Trinajstić information content (AvgIpc) is 2.86. The fourth-order valence-corrected chi connectivity index (χ4v) is 2.91. The molecule has 1 atom stereocenters. The van der Waals surface area contributed by atoms with Gasteiger partial charge in [-0.3, -0.25) is 24.6 Å². The third-order valence-electron chi connectivity index (χ3n) is 4.24. The molecule has 0 spiro atoms. The summed E-state index contributed by atoms with van der Waals surface area (Å²) in [5.41, 5.74) is 0.412. The van der Waals surface area contributed by atoms with Gasteiger partial charge >= 0.3 is 0 Å². The van der Waals surface area contributed by atoms with Crippen LogP contribution in [-0.2, 0) is 16.1 Å². The van der Waals surface area contributed by atoms with E-state index in [-0.39, 0.29) is 10.5 Å². The van der Waals surface area contributed by atoms with E-state index in [4.69, 9.17) is 5.73 Å². The first-order chi connectivity index (χ1) is 11.4. The smallest absolute Gasteiger partial charge is 0.285 e. The zero-order chi connectivity index (χ0) is 18.9. The van der Waals surface area contributed by atoms with Crippen LogP contribution in [0, 0.1) is 5.82 Å². The number of phenols is 2. The van der Waals surface area contributed by atoms with Crippen molar-refractivity contribution < 1.29 is 44.3 Å². The summed E-state index contributed by atoms with van der Waals surface area (Å²) < 4.78 is 13.7. The van der Waals surface area contributed by atoms with Gasteiger partial charge in [0.2, 0.25) is 17.5 Å². The van der Waals surface area contributed by atoms with E-state index in [1.54, 1.807) is 5.32 Å². The van der Waals surface area contributed by atoms with E-state index in [2.05, 4.69) is 0 Å². The van der Waals surface area contributed by atoms with Crippen LogP contribution in [0.2, 0.25) is 0 Å². The van der Waals surface area contributed by atoms with E-state index in [9.17, 15) is 44.3 Å². The summed E-state index contributed by atoms with van der Waals surface area (Å²) in [7, 11) is 0. The fourth-order valence-electron chi connectivity index (χ4n) is 2.91. The number of benzene rings is 1. The Morgan fingerprint density at radius 1 is 1.12 bits per heavy atom. The van der Waals surface area contributed by atoms with Crippen LogP contribution < -0.4 is 11.1 Å². The number of phenolic OH excluding ortho intramolecular Hbond substituents is 2. The Morgan fingerprint density at radius 2 is 1.72 bits per heavy atom. The number of aliphatic hydroxyl groups is 3. The van der Waals surface area contributed by atoms with Crippen LogP contribution >= 0.6 is 0 Å². The molecule has 8 N–H and O–H groups in total. The van der Waals surface area contributed by atoms with Gasteiger partial charge in [-0.25, -0.2) is 0 Å². The van der Waals surface area contributed by atoms with E-state index in [1.807, 2.05) is 0 Å². The minimum absolute atomic E-state index is 0.203. The third kappa shape index (κ3) is 1.92. The maximum Gasteiger partial charge on any atom is 0.285 e. The summed E-state index contributed by atoms with van der Waals surface area (Å²) in [6.45, 7) is -0.775. The van der Waals surface area contributed by atoms with Crippen LogP contribution in [0.15, 0.2) is 0 Å². The van der Waals surface area contributed by atoms with Crippen molar-refractivity contribution in [2.75, 3.05) is 5.73 Å². The molecule has 3 rings (SSSR count). The number of halogens is 1. The molecule has 0 aliphatic carbocycles. The number of aromatic hydroxyl groups is 2. The summed E-state index contributed by atoms with van der Waals surface area (Å²) in [5, 5.41) is 51.3. The van der Waals surface area contributed by atoms with Crippen LogP contribution in [-0.4, -0.2) is 59.7 Å². The molecule has 2 aliphatic rings. The number of nitrogens with zero attached hydrogens (tertiary/aromatic N) is 1. The first-order valence-electron chi connectivity index (χ1n) is 6.78. The highest BCUT2D eigenvalue weighted by molar-refractivity contribution is 6.09. The Bertz CT molecular complexity index is 854. The molecule has 1 saturated heterocycles. The number of carbonyl (C=O) groups is 3. The normalized spacial score (nSPS) is 25.1. The quantitative estimate of drug-likeness (QED) is 0.0913. The largest absolute Gasteiger partial charge is 0.504 e. The zero-order valence-electron chi connectivity index (χ0n) is 12.3. The summed E-state index contributed by atoms with van der Waals surface area (Å²) in [5.74, 6) is -11.5. The van der Waals surface area contributed by atoms with E-state index < -0.39 is 70.8 Å². The number of fused-ring (bicyclic) bond motifs is 1. The van der Waals surface area contributed by atoms with Crippen LogP contribution in [0.4, 0.5) is 10.1 Å². The summed E-state index contributed by atoms with van der Waals surface area (Å²) in [4.78, 5) is 36.0. The molecule has 0 radical (unpaired) electrons. The number of carbonyl (C=O) groups excluding carboxylic acids is 3. The number of anilines is 1. The van der Waals surface area contributed by atoms with E-state index in [0.717, 1.165) is 0 Å². The molecule has 134 valence electrons. The van der Waals surface area contributed by atoms with Crippen molar-refractivity contribution in [2.24, 2.45) is 0 Å². The molecule has 1 aromatic rings. The number of nitrogens with one attached hydrogen (secondary N) is 1. The lowest BCUT2D eigenvalue weighted by Crippen LogP contribution is -2.75. The molecule has 25 heavy (non-hydrogen) atoms. The topological polar surface area (TPSA) is 194 Å². The molecule has 1 aromatic carbocycles. The maximum atomic E-state index is 13.7. The minimum Gasteiger partial charge on any atom is -0.504 e. The molecular formula is C13H12FN3O8. The van der Waals surface area contributed by atoms with Crippen molar-refractivity contribution in [3.63, 3.8) is 0 Å². The standard InChI is InChI=1S/C13H12FN3O8/c14-6-8(19)5-3(7(15)9(6)20)2-17(10(5)21)13(25)11(22)16-4(18)1-12(13,23)24/h19-20,23-25H,1-2,15H2,(H,16,18,22). The first kappa shape index (κ1) is 16.9. The average molecular weight is 357 g/mol. The number of nitrogen functional groups attached to an aromatic ring is 1. The van der Waals surface area contributed by atoms with Crippen molar-refractivity contribution in [1.29, 1.82) is 0 Å². The number of nitrogens with two attached hydrogens (primary N) is 1. The number of piperidine rings is 1. The number of rotatable bonds is 1. The summed E-state index contributed by atoms with van der Waals surface area (Å²) in [6, 6.07) is 0. The van der Waals surface area contributed by atoms with E-state index in [0.29, 0.717) is 0 Å². The monoisotopic (exact) mass is 357 g/mol. The van der Waals surface area contributed by atoms with Crippen LogP contribution in [0.5, 0.6) is 11.5 Å². The third-order valence-corrected chi connectivity index (χ3v) is 4.24. The number of hydrogen-bond acceptors (Lipinski definition) is 9. The predicted octanol–water partition coefficient (Wildman–Crippen LogP) is -2.81. The predicted molar refractivity (Wildman–Crippen MR) is 73.9 cm³/mol. The highest BCUT2D eigenvalue weighted by atomic mass is 19.1. The Labute approximate surface area is 137 Å². The summed E-state index contributed by atoms with van der Waals surface area (Å²) >= 11 is 0. The Hall–Kier alpha value is -2.96. The maximum absolute atomic E-state index is 13.7. The van der Waals surface area contributed by atoms with Gasteiger partial charge in [0.1, 0.15) is 0 Å². The van der Waals surface area contributed by atoms with Gasteiger partial charge in [-0.2, -0.15) is 4.39 Å². The number of hydrogen-bond donors (Lipinski definition) is 7. The van der Waals surface area contributed by atoms with Crippen LogP contribution in [0.1, 0.15) is 22.3 Å². The second-order valence-electron chi connectivity index (χ2n) is 5.71. The molecule has 0 saturated carbocycles. The summed E-state index contributed by atoms with van der Waals surface area (Å²) in [6.07, 6.45) is -1.14.